The summed E-state index contributed by atoms with van der Waals surface area (Å²) in [6.45, 7) is 1.72. The lowest BCUT2D eigenvalue weighted by Crippen LogP contribution is -2.34. The third-order valence-corrected chi connectivity index (χ3v) is 3.75. The van der Waals surface area contributed by atoms with Crippen LogP contribution in [0.1, 0.15) is 6.92 Å². The van der Waals surface area contributed by atoms with Crippen LogP contribution in [-0.4, -0.2) is 25.2 Å². The van der Waals surface area contributed by atoms with Crippen LogP contribution in [-0.2, 0) is 9.53 Å². The Kier molecular flexibility index (Phi) is 6.41. The van der Waals surface area contributed by atoms with Crippen molar-refractivity contribution in [2.24, 2.45) is 0 Å². The summed E-state index contributed by atoms with van der Waals surface area (Å²) >= 11 is 15.1. The smallest absolute Gasteiger partial charge is 0.325 e. The summed E-state index contributed by atoms with van der Waals surface area (Å²) in [4.78, 5) is 22.6. The van der Waals surface area contributed by atoms with Crippen LogP contribution in [0.3, 0.4) is 0 Å². The van der Waals surface area contributed by atoms with Gasteiger partial charge >= 0.3 is 12.0 Å². The Balaban J connectivity index is 2.58. The molecule has 0 aliphatic carbocycles. The number of carbonyl (C=O) groups is 2. The van der Waals surface area contributed by atoms with Crippen molar-refractivity contribution >= 4 is 56.8 Å². The molecule has 0 unspecified atom stereocenters. The van der Waals surface area contributed by atoms with E-state index in [4.69, 9.17) is 23.2 Å². The Morgan fingerprint density at radius 1 is 1.32 bits per heavy atom. The Morgan fingerprint density at radius 2 is 2.00 bits per heavy atom. The number of benzene rings is 1. The molecule has 0 aliphatic rings. The van der Waals surface area contributed by atoms with E-state index in [2.05, 4.69) is 31.3 Å². The number of amides is 2. The molecule has 0 radical (unpaired) electrons. The standard InChI is InChI=1S/C11H11BrCl2N2O3/c1-2-19-8(17)5-15-11(18)16-7-4-3-6(12)9(13)10(7)14/h3-4H,2,5H2,1H3,(H2,15,16,18). The fourth-order valence-electron chi connectivity index (χ4n) is 1.15. The van der Waals surface area contributed by atoms with E-state index in [1.54, 1.807) is 19.1 Å². The number of carbonyl (C=O) groups excluding carboxylic acids is 2. The first-order valence-electron chi connectivity index (χ1n) is 5.29. The van der Waals surface area contributed by atoms with Crippen LogP contribution in [0.4, 0.5) is 10.5 Å². The number of rotatable bonds is 4. The minimum absolute atomic E-state index is 0.210. The fraction of sp³-hybridized carbons (Fsp3) is 0.273. The normalized spacial score (nSPS) is 9.89. The number of ether oxygens (including phenoxy) is 1. The second kappa shape index (κ2) is 7.57. The van der Waals surface area contributed by atoms with E-state index >= 15 is 0 Å². The maximum Gasteiger partial charge on any atom is 0.325 e. The molecular weight excluding hydrogens is 359 g/mol. The highest BCUT2D eigenvalue weighted by Crippen LogP contribution is 2.35. The van der Waals surface area contributed by atoms with E-state index in [0.29, 0.717) is 15.2 Å². The van der Waals surface area contributed by atoms with Gasteiger partial charge in [0.15, 0.2) is 0 Å². The molecule has 104 valence electrons. The quantitative estimate of drug-likeness (QED) is 0.631. The molecular formula is C11H11BrCl2N2O3. The van der Waals surface area contributed by atoms with Crippen molar-refractivity contribution in [1.29, 1.82) is 0 Å². The summed E-state index contributed by atoms with van der Waals surface area (Å²) in [5.74, 6) is -0.516. The second-order valence-electron chi connectivity index (χ2n) is 3.34. The molecule has 0 atom stereocenters. The van der Waals surface area contributed by atoms with Gasteiger partial charge in [-0.1, -0.05) is 23.2 Å². The van der Waals surface area contributed by atoms with Crippen molar-refractivity contribution in [3.05, 3.63) is 26.7 Å². The number of urea groups is 1. The van der Waals surface area contributed by atoms with Crippen molar-refractivity contribution in [1.82, 2.24) is 5.32 Å². The molecule has 0 spiro atoms. The van der Waals surface area contributed by atoms with Gasteiger partial charge in [-0.2, -0.15) is 0 Å². The average Bonchev–Trinajstić information content (AvgIpc) is 2.37. The van der Waals surface area contributed by atoms with Gasteiger partial charge < -0.3 is 15.4 Å². The maximum atomic E-state index is 11.5. The zero-order chi connectivity index (χ0) is 14.4. The zero-order valence-electron chi connectivity index (χ0n) is 9.93. The van der Waals surface area contributed by atoms with Crippen molar-refractivity contribution in [2.45, 2.75) is 6.92 Å². The monoisotopic (exact) mass is 368 g/mol. The molecule has 0 heterocycles. The summed E-state index contributed by atoms with van der Waals surface area (Å²) < 4.78 is 5.29. The van der Waals surface area contributed by atoms with E-state index < -0.39 is 12.0 Å². The van der Waals surface area contributed by atoms with E-state index in [1.165, 1.54) is 0 Å². The molecule has 5 nitrogen and oxygen atoms in total. The molecule has 19 heavy (non-hydrogen) atoms. The Morgan fingerprint density at radius 3 is 2.63 bits per heavy atom. The van der Waals surface area contributed by atoms with Gasteiger partial charge in [-0.25, -0.2) is 4.79 Å². The molecule has 1 aromatic carbocycles. The Bertz CT molecular complexity index is 497. The van der Waals surface area contributed by atoms with Gasteiger partial charge in [0, 0.05) is 4.47 Å². The van der Waals surface area contributed by atoms with Gasteiger partial charge in [0.25, 0.3) is 0 Å². The number of halogens is 3. The van der Waals surface area contributed by atoms with Crippen molar-refractivity contribution < 1.29 is 14.3 Å². The van der Waals surface area contributed by atoms with Crippen molar-refractivity contribution in [3.8, 4) is 0 Å². The van der Waals surface area contributed by atoms with Gasteiger partial charge in [-0.3, -0.25) is 4.79 Å². The zero-order valence-corrected chi connectivity index (χ0v) is 13.0. The minimum atomic E-state index is -0.576. The van der Waals surface area contributed by atoms with Gasteiger partial charge in [-0.05, 0) is 35.0 Å². The Labute approximate surface area is 128 Å². The van der Waals surface area contributed by atoms with E-state index in [9.17, 15) is 9.59 Å². The molecule has 1 aromatic rings. The van der Waals surface area contributed by atoms with Crippen LogP contribution in [0.15, 0.2) is 16.6 Å². The largest absolute Gasteiger partial charge is 0.465 e. The maximum absolute atomic E-state index is 11.5. The first-order valence-corrected chi connectivity index (χ1v) is 6.84. The number of anilines is 1. The Hall–Kier alpha value is -0.980. The highest BCUT2D eigenvalue weighted by atomic mass is 79.9. The number of nitrogens with one attached hydrogen (secondary N) is 2. The van der Waals surface area contributed by atoms with Crippen LogP contribution in [0, 0.1) is 0 Å². The van der Waals surface area contributed by atoms with Crippen LogP contribution < -0.4 is 10.6 Å². The van der Waals surface area contributed by atoms with Crippen LogP contribution in [0.2, 0.25) is 10.0 Å². The molecule has 0 aromatic heterocycles. The molecule has 0 saturated heterocycles. The highest BCUT2D eigenvalue weighted by Gasteiger charge is 2.11. The molecule has 2 N–H and O–H groups in total. The average molecular weight is 370 g/mol. The molecule has 2 amide bonds. The topological polar surface area (TPSA) is 67.4 Å². The van der Waals surface area contributed by atoms with E-state index in [0.717, 1.165) is 0 Å². The van der Waals surface area contributed by atoms with Crippen LogP contribution in [0.25, 0.3) is 0 Å². The SMILES string of the molecule is CCOC(=O)CNC(=O)Nc1ccc(Br)c(Cl)c1Cl. The lowest BCUT2D eigenvalue weighted by Gasteiger charge is -2.10. The van der Waals surface area contributed by atoms with Crippen molar-refractivity contribution in [2.75, 3.05) is 18.5 Å². The molecule has 0 bridgehead atoms. The van der Waals surface area contributed by atoms with Gasteiger partial charge in [0.1, 0.15) is 6.54 Å². The highest BCUT2D eigenvalue weighted by molar-refractivity contribution is 9.10. The first-order chi connectivity index (χ1) is 8.95. The first kappa shape index (κ1) is 16.1. The summed E-state index contributed by atoms with van der Waals surface area (Å²) in [6.07, 6.45) is 0. The summed E-state index contributed by atoms with van der Waals surface area (Å²) in [5.41, 5.74) is 0.344. The van der Waals surface area contributed by atoms with Gasteiger partial charge in [0.2, 0.25) is 0 Å². The lowest BCUT2D eigenvalue weighted by atomic mass is 10.3. The van der Waals surface area contributed by atoms with Gasteiger partial charge in [0.05, 0.1) is 22.3 Å². The second-order valence-corrected chi connectivity index (χ2v) is 4.95. The third-order valence-electron chi connectivity index (χ3n) is 1.98. The minimum Gasteiger partial charge on any atom is -0.465 e. The lowest BCUT2D eigenvalue weighted by molar-refractivity contribution is -0.141. The third kappa shape index (κ3) is 4.89. The number of hydrogen-bond donors (Lipinski definition) is 2. The molecule has 0 aliphatic heterocycles. The predicted molar refractivity (Wildman–Crippen MR) is 77.8 cm³/mol. The number of esters is 1. The molecule has 0 fully saturated rings. The number of hydrogen-bond acceptors (Lipinski definition) is 3. The molecule has 8 heteroatoms. The molecule has 1 rings (SSSR count). The summed E-state index contributed by atoms with van der Waals surface area (Å²) in [5, 5.41) is 5.33. The van der Waals surface area contributed by atoms with E-state index in [1.807, 2.05) is 0 Å². The predicted octanol–water partition coefficient (Wildman–Crippen LogP) is 3.44. The van der Waals surface area contributed by atoms with Crippen LogP contribution >= 0.6 is 39.1 Å². The van der Waals surface area contributed by atoms with Gasteiger partial charge in [-0.15, -0.1) is 0 Å². The van der Waals surface area contributed by atoms with E-state index in [-0.39, 0.29) is 18.2 Å². The summed E-state index contributed by atoms with van der Waals surface area (Å²) in [6, 6.07) is 2.66. The summed E-state index contributed by atoms with van der Waals surface area (Å²) in [7, 11) is 0. The van der Waals surface area contributed by atoms with Crippen molar-refractivity contribution in [3.63, 3.8) is 0 Å². The fourth-order valence-corrected chi connectivity index (χ4v) is 1.97. The van der Waals surface area contributed by atoms with Crippen LogP contribution in [0.5, 0.6) is 0 Å². The molecule has 0 saturated carbocycles.